The number of hydrogen-bond donors (Lipinski definition) is 1. The quantitative estimate of drug-likeness (QED) is 0.805. The lowest BCUT2D eigenvalue weighted by atomic mass is 10.1. The normalized spacial score (nSPS) is 28.8. The molecule has 2 aliphatic rings. The number of likely N-dealkylation sites (tertiary alicyclic amines) is 1. The Kier molecular flexibility index (Phi) is 5.71. The monoisotopic (exact) mass is 335 g/mol. The number of ether oxygens (including phenoxy) is 3. The van der Waals surface area contributed by atoms with Crippen molar-refractivity contribution in [3.05, 3.63) is 35.9 Å². The third-order valence-corrected chi connectivity index (χ3v) is 4.56. The summed E-state index contributed by atoms with van der Waals surface area (Å²) in [7, 11) is 0. The van der Waals surface area contributed by atoms with Gasteiger partial charge in [-0.05, 0) is 12.0 Å². The minimum absolute atomic E-state index is 0.206. The minimum atomic E-state index is -0.695. The van der Waals surface area contributed by atoms with Crippen molar-refractivity contribution in [2.45, 2.75) is 50.7 Å². The van der Waals surface area contributed by atoms with Crippen molar-refractivity contribution in [2.24, 2.45) is 0 Å². The van der Waals surface area contributed by atoms with Gasteiger partial charge in [0.1, 0.15) is 24.9 Å². The number of amides is 1. The van der Waals surface area contributed by atoms with Crippen molar-refractivity contribution in [3.63, 3.8) is 0 Å². The fourth-order valence-corrected chi connectivity index (χ4v) is 3.28. The van der Waals surface area contributed by atoms with Crippen molar-refractivity contribution in [1.82, 2.24) is 4.90 Å². The number of aliphatic hydroxyl groups excluding tert-OH is 1. The molecule has 0 bridgehead atoms. The molecule has 132 valence electrons. The standard InChI is InChI=1S/C18H25NO5/c1-2-3-9-22-15-10-19(16-14(20)12-23-17(15)16)18(21)24-11-13-7-5-4-6-8-13/h4-8,14-17,20H,2-3,9-12H2,1H3/t14-,15+,16+,17?/m0/s1. The second-order valence-corrected chi connectivity index (χ2v) is 6.31. The molecule has 0 spiro atoms. The van der Waals surface area contributed by atoms with Gasteiger partial charge >= 0.3 is 6.09 Å². The first-order chi connectivity index (χ1) is 11.7. The molecule has 6 nitrogen and oxygen atoms in total. The maximum atomic E-state index is 12.5. The van der Waals surface area contributed by atoms with Gasteiger partial charge in [-0.25, -0.2) is 4.79 Å². The Balaban J connectivity index is 1.60. The van der Waals surface area contributed by atoms with Gasteiger partial charge in [-0.3, -0.25) is 4.90 Å². The van der Waals surface area contributed by atoms with Gasteiger partial charge in [-0.2, -0.15) is 0 Å². The topological polar surface area (TPSA) is 68.2 Å². The number of benzene rings is 1. The summed E-state index contributed by atoms with van der Waals surface area (Å²) in [5.74, 6) is 0. The first kappa shape index (κ1) is 17.2. The van der Waals surface area contributed by atoms with Crippen LogP contribution >= 0.6 is 0 Å². The van der Waals surface area contributed by atoms with Crippen LogP contribution in [0.5, 0.6) is 0 Å². The smallest absolute Gasteiger partial charge is 0.410 e. The van der Waals surface area contributed by atoms with Crippen LogP contribution in [0, 0.1) is 0 Å². The Morgan fingerprint density at radius 1 is 1.38 bits per heavy atom. The molecule has 2 fully saturated rings. The average Bonchev–Trinajstić information content (AvgIpc) is 3.15. The Hall–Kier alpha value is -1.63. The Morgan fingerprint density at radius 2 is 2.17 bits per heavy atom. The molecule has 2 heterocycles. The predicted molar refractivity (Wildman–Crippen MR) is 87.5 cm³/mol. The van der Waals surface area contributed by atoms with Gasteiger partial charge in [0.05, 0.1) is 19.2 Å². The number of fused-ring (bicyclic) bond motifs is 1. The van der Waals surface area contributed by atoms with E-state index in [4.69, 9.17) is 14.2 Å². The third kappa shape index (κ3) is 3.71. The number of carbonyl (C=O) groups is 1. The zero-order valence-electron chi connectivity index (χ0n) is 14.0. The summed E-state index contributed by atoms with van der Waals surface area (Å²) >= 11 is 0. The van der Waals surface area contributed by atoms with Gasteiger partial charge in [0.15, 0.2) is 0 Å². The Bertz CT molecular complexity index is 537. The van der Waals surface area contributed by atoms with Crippen molar-refractivity contribution in [3.8, 4) is 0 Å². The maximum absolute atomic E-state index is 12.5. The fraction of sp³-hybridized carbons (Fsp3) is 0.611. The van der Waals surface area contributed by atoms with Gasteiger partial charge in [-0.15, -0.1) is 0 Å². The summed E-state index contributed by atoms with van der Waals surface area (Å²) < 4.78 is 16.9. The number of rotatable bonds is 6. The summed E-state index contributed by atoms with van der Waals surface area (Å²) in [4.78, 5) is 14.0. The molecule has 1 amide bonds. The molecule has 4 atom stereocenters. The zero-order valence-corrected chi connectivity index (χ0v) is 14.0. The van der Waals surface area contributed by atoms with E-state index in [0.717, 1.165) is 18.4 Å². The van der Waals surface area contributed by atoms with E-state index in [2.05, 4.69) is 6.92 Å². The molecule has 1 aromatic rings. The summed E-state index contributed by atoms with van der Waals surface area (Å²) in [6, 6.07) is 9.15. The maximum Gasteiger partial charge on any atom is 0.410 e. The molecular weight excluding hydrogens is 310 g/mol. The molecule has 3 rings (SSSR count). The van der Waals surface area contributed by atoms with E-state index in [0.29, 0.717) is 13.2 Å². The molecule has 0 radical (unpaired) electrons. The van der Waals surface area contributed by atoms with Gasteiger partial charge < -0.3 is 19.3 Å². The second kappa shape index (κ2) is 7.96. The fourth-order valence-electron chi connectivity index (χ4n) is 3.28. The van der Waals surface area contributed by atoms with Gasteiger partial charge in [0, 0.05) is 6.61 Å². The molecule has 0 aromatic heterocycles. The number of carbonyl (C=O) groups excluding carboxylic acids is 1. The predicted octanol–water partition coefficient (Wildman–Crippen LogP) is 1.95. The van der Waals surface area contributed by atoms with Gasteiger partial charge in [0.25, 0.3) is 0 Å². The van der Waals surface area contributed by atoms with Crippen molar-refractivity contribution < 1.29 is 24.1 Å². The van der Waals surface area contributed by atoms with E-state index >= 15 is 0 Å². The first-order valence-electron chi connectivity index (χ1n) is 8.59. The van der Waals surface area contributed by atoms with Crippen LogP contribution in [-0.2, 0) is 20.8 Å². The number of unbranched alkanes of at least 4 members (excludes halogenated alkanes) is 1. The van der Waals surface area contributed by atoms with Crippen molar-refractivity contribution in [1.29, 1.82) is 0 Å². The molecule has 2 aliphatic heterocycles. The number of aliphatic hydroxyl groups is 1. The lowest BCUT2D eigenvalue weighted by Gasteiger charge is -2.24. The SMILES string of the molecule is CCCCO[C@@H]1CN(C(=O)OCc2ccccc2)[C@H]2C1OC[C@@H]2O. The van der Waals surface area contributed by atoms with Crippen LogP contribution in [0.15, 0.2) is 30.3 Å². The highest BCUT2D eigenvalue weighted by Crippen LogP contribution is 2.32. The highest BCUT2D eigenvalue weighted by Gasteiger charge is 2.53. The molecule has 1 aromatic carbocycles. The molecule has 1 N–H and O–H groups in total. The first-order valence-corrected chi connectivity index (χ1v) is 8.59. The van der Waals surface area contributed by atoms with Crippen LogP contribution in [0.3, 0.4) is 0 Å². The van der Waals surface area contributed by atoms with Crippen LogP contribution in [0.1, 0.15) is 25.3 Å². The van der Waals surface area contributed by atoms with Crippen LogP contribution in [0.2, 0.25) is 0 Å². The Morgan fingerprint density at radius 3 is 2.92 bits per heavy atom. The van der Waals surface area contributed by atoms with E-state index in [-0.39, 0.29) is 31.5 Å². The Labute approximate surface area is 142 Å². The lowest BCUT2D eigenvalue weighted by molar-refractivity contribution is -0.0331. The molecule has 24 heavy (non-hydrogen) atoms. The summed E-state index contributed by atoms with van der Waals surface area (Å²) in [6.45, 7) is 3.57. The van der Waals surface area contributed by atoms with Crippen molar-refractivity contribution in [2.75, 3.05) is 19.8 Å². The van der Waals surface area contributed by atoms with Crippen LogP contribution in [0.4, 0.5) is 4.79 Å². The third-order valence-electron chi connectivity index (χ3n) is 4.56. The summed E-state index contributed by atoms with van der Waals surface area (Å²) in [5, 5.41) is 10.2. The molecule has 1 unspecified atom stereocenters. The average molecular weight is 335 g/mol. The molecule has 0 aliphatic carbocycles. The zero-order chi connectivity index (χ0) is 16.9. The lowest BCUT2D eigenvalue weighted by Crippen LogP contribution is -2.44. The van der Waals surface area contributed by atoms with E-state index < -0.39 is 12.2 Å². The minimum Gasteiger partial charge on any atom is -0.445 e. The van der Waals surface area contributed by atoms with E-state index in [1.54, 1.807) is 4.90 Å². The highest BCUT2D eigenvalue weighted by molar-refractivity contribution is 5.69. The van der Waals surface area contributed by atoms with Crippen LogP contribution in [0.25, 0.3) is 0 Å². The number of nitrogens with zero attached hydrogens (tertiary/aromatic N) is 1. The van der Waals surface area contributed by atoms with Crippen LogP contribution in [-0.4, -0.2) is 60.2 Å². The molecule has 6 heteroatoms. The highest BCUT2D eigenvalue weighted by atomic mass is 16.6. The van der Waals surface area contributed by atoms with E-state index in [1.807, 2.05) is 30.3 Å². The number of hydrogen-bond acceptors (Lipinski definition) is 5. The molecule has 0 saturated carbocycles. The van der Waals surface area contributed by atoms with Crippen LogP contribution < -0.4 is 0 Å². The van der Waals surface area contributed by atoms with Gasteiger partial charge in [-0.1, -0.05) is 43.7 Å². The summed E-state index contributed by atoms with van der Waals surface area (Å²) in [6.07, 6.45) is 0.408. The second-order valence-electron chi connectivity index (χ2n) is 6.31. The van der Waals surface area contributed by atoms with Crippen molar-refractivity contribution >= 4 is 6.09 Å². The van der Waals surface area contributed by atoms with E-state index in [1.165, 1.54) is 0 Å². The largest absolute Gasteiger partial charge is 0.445 e. The van der Waals surface area contributed by atoms with Gasteiger partial charge in [0.2, 0.25) is 0 Å². The summed E-state index contributed by atoms with van der Waals surface area (Å²) in [5.41, 5.74) is 0.931. The molecular formula is C18H25NO5. The van der Waals surface area contributed by atoms with E-state index in [9.17, 15) is 9.90 Å². The molecule has 2 saturated heterocycles.